The van der Waals surface area contributed by atoms with E-state index < -0.39 is 0 Å². The number of hydrogen-bond donors (Lipinski definition) is 0. The lowest BCUT2D eigenvalue weighted by atomic mass is 10.1. The van der Waals surface area contributed by atoms with Gasteiger partial charge >= 0.3 is 0 Å². The van der Waals surface area contributed by atoms with Crippen LogP contribution in [-0.2, 0) is 0 Å². The Labute approximate surface area is 327 Å². The van der Waals surface area contributed by atoms with Gasteiger partial charge in [0.2, 0.25) is 0 Å². The predicted octanol–water partition coefficient (Wildman–Crippen LogP) is 12.5. The molecule has 0 saturated heterocycles. The van der Waals surface area contributed by atoms with Gasteiger partial charge in [-0.15, -0.1) is 0 Å². The summed E-state index contributed by atoms with van der Waals surface area (Å²) in [5, 5.41) is 1.99. The molecule has 4 heteroatoms. The zero-order valence-electron chi connectivity index (χ0n) is 30.4. The molecule has 9 rings (SSSR count). The van der Waals surface area contributed by atoms with E-state index in [1.807, 2.05) is 36.7 Å². The van der Waals surface area contributed by atoms with E-state index >= 15 is 0 Å². The Bertz CT molecular complexity index is 2610. The smallest absolute Gasteiger partial charge is 0.0965 e. The largest absolute Gasteiger partial charge is 0.311 e. The van der Waals surface area contributed by atoms with Gasteiger partial charge in [0, 0.05) is 79.5 Å². The molecule has 9 aromatic rings. The minimum absolute atomic E-state index is 0.843. The fourth-order valence-electron chi connectivity index (χ4n) is 6.81. The number of hydrogen-bond acceptors (Lipinski definition) is 4. The number of rotatable bonds is 6. The van der Waals surface area contributed by atoms with Crippen LogP contribution in [0.25, 0.3) is 21.8 Å². The second-order valence-corrected chi connectivity index (χ2v) is 13.3. The third kappa shape index (κ3) is 7.32. The lowest BCUT2D eigenvalue weighted by Gasteiger charge is -2.25. The van der Waals surface area contributed by atoms with Gasteiger partial charge in [-0.05, 0) is 109 Å². The zero-order valence-corrected chi connectivity index (χ0v) is 30.4. The van der Waals surface area contributed by atoms with E-state index in [1.54, 1.807) is 0 Å². The van der Waals surface area contributed by atoms with Gasteiger partial charge in [0.25, 0.3) is 0 Å². The summed E-state index contributed by atoms with van der Waals surface area (Å²) in [6.45, 7) is 0. The molecule has 0 unspecified atom stereocenters. The molecular weight excluding hydrogens is 681 g/mol. The normalized spacial score (nSPS) is 10.6. The van der Waals surface area contributed by atoms with Gasteiger partial charge in [0.15, 0.2) is 0 Å². The maximum atomic E-state index is 4.80. The molecule has 0 saturated carbocycles. The molecule has 2 heterocycles. The van der Waals surface area contributed by atoms with Crippen molar-refractivity contribution in [3.05, 3.63) is 229 Å². The van der Waals surface area contributed by atoms with Crippen LogP contribution in [0.4, 0.5) is 34.1 Å². The first kappa shape index (κ1) is 33.9. The first-order valence-electron chi connectivity index (χ1n) is 18.5. The van der Waals surface area contributed by atoms with Crippen LogP contribution in [0, 0.1) is 23.7 Å². The molecule has 0 aliphatic rings. The maximum Gasteiger partial charge on any atom is 0.0965 e. The van der Waals surface area contributed by atoms with Gasteiger partial charge in [0.05, 0.1) is 11.0 Å². The Hall–Kier alpha value is -7.92. The molecule has 262 valence electrons. The molecule has 0 amide bonds. The first-order valence-corrected chi connectivity index (χ1v) is 18.5. The third-order valence-electron chi connectivity index (χ3n) is 9.51. The fraction of sp³-hybridized carbons (Fsp3) is 0. The molecule has 0 N–H and O–H groups in total. The second kappa shape index (κ2) is 15.6. The summed E-state index contributed by atoms with van der Waals surface area (Å²) in [4.78, 5) is 14.1. The van der Waals surface area contributed by atoms with E-state index in [0.29, 0.717) is 0 Å². The van der Waals surface area contributed by atoms with Crippen molar-refractivity contribution in [1.29, 1.82) is 0 Å². The zero-order chi connectivity index (χ0) is 37.5. The summed E-state index contributed by atoms with van der Waals surface area (Å²) < 4.78 is 0. The molecule has 4 nitrogen and oxygen atoms in total. The van der Waals surface area contributed by atoms with Crippen LogP contribution in [0.5, 0.6) is 0 Å². The van der Waals surface area contributed by atoms with Gasteiger partial charge in [-0.25, -0.2) is 0 Å². The Balaban J connectivity index is 0.920. The van der Waals surface area contributed by atoms with Crippen molar-refractivity contribution >= 4 is 55.9 Å². The molecule has 7 aromatic carbocycles. The van der Waals surface area contributed by atoms with Gasteiger partial charge < -0.3 is 9.80 Å². The molecule has 0 radical (unpaired) electrons. The van der Waals surface area contributed by atoms with E-state index in [0.717, 1.165) is 78.2 Å². The average molecular weight is 715 g/mol. The van der Waals surface area contributed by atoms with E-state index in [-0.39, 0.29) is 0 Å². The Morgan fingerprint density at radius 3 is 0.893 bits per heavy atom. The number of pyridine rings is 2. The van der Waals surface area contributed by atoms with Gasteiger partial charge in [-0.1, -0.05) is 109 Å². The van der Waals surface area contributed by atoms with Gasteiger partial charge in [-0.2, -0.15) is 0 Å². The van der Waals surface area contributed by atoms with E-state index in [4.69, 9.17) is 9.97 Å². The first-order chi connectivity index (χ1) is 27.7. The fourth-order valence-corrected chi connectivity index (χ4v) is 6.81. The topological polar surface area (TPSA) is 32.3 Å². The van der Waals surface area contributed by atoms with Crippen LogP contribution >= 0.6 is 0 Å². The van der Waals surface area contributed by atoms with Gasteiger partial charge in [-0.3, -0.25) is 9.97 Å². The van der Waals surface area contributed by atoms with Crippen LogP contribution in [-0.4, -0.2) is 9.97 Å². The molecule has 0 aliphatic heterocycles. The van der Waals surface area contributed by atoms with Crippen LogP contribution in [0.1, 0.15) is 22.3 Å². The highest BCUT2D eigenvalue weighted by atomic mass is 15.1. The van der Waals surface area contributed by atoms with Gasteiger partial charge in [0.1, 0.15) is 0 Å². The van der Waals surface area contributed by atoms with Crippen LogP contribution in [0.3, 0.4) is 0 Å². The Morgan fingerprint density at radius 2 is 0.571 bits per heavy atom. The molecule has 0 spiro atoms. The molecule has 2 aromatic heterocycles. The van der Waals surface area contributed by atoms with Crippen molar-refractivity contribution in [1.82, 2.24) is 9.97 Å². The van der Waals surface area contributed by atoms with E-state index in [9.17, 15) is 0 Å². The number of fused-ring (bicyclic) bond motifs is 3. The molecular formula is C52H34N4. The monoisotopic (exact) mass is 714 g/mol. The molecule has 0 atom stereocenters. The second-order valence-electron chi connectivity index (χ2n) is 13.3. The summed E-state index contributed by atoms with van der Waals surface area (Å²) >= 11 is 0. The third-order valence-corrected chi connectivity index (χ3v) is 9.51. The van der Waals surface area contributed by atoms with Crippen LogP contribution in [0.15, 0.2) is 207 Å². The summed E-state index contributed by atoms with van der Waals surface area (Å²) in [6, 6.07) is 66.6. The van der Waals surface area contributed by atoms with Crippen molar-refractivity contribution in [2.75, 3.05) is 9.80 Å². The van der Waals surface area contributed by atoms with Crippen LogP contribution in [0.2, 0.25) is 0 Å². The predicted molar refractivity (Wildman–Crippen MR) is 231 cm³/mol. The minimum Gasteiger partial charge on any atom is -0.311 e. The Kier molecular flexibility index (Phi) is 9.43. The molecule has 0 aliphatic carbocycles. The molecule has 0 fully saturated rings. The lowest BCUT2D eigenvalue weighted by molar-refractivity contribution is 1.28. The Morgan fingerprint density at radius 1 is 0.286 bits per heavy atom. The summed E-state index contributed by atoms with van der Waals surface area (Å²) in [5.41, 5.74) is 11.8. The SMILES string of the molecule is C(#Cc1cnc2c(ccc3cc(C#Cc4ccc(N(c5ccccc5)c5ccccc5)cc4)cnc32)c1)c1ccc(N(c2ccccc2)c2ccccc2)cc1. The van der Waals surface area contributed by atoms with Crippen molar-refractivity contribution in [2.24, 2.45) is 0 Å². The van der Waals surface area contributed by atoms with E-state index in [1.165, 1.54) is 0 Å². The molecule has 0 bridgehead atoms. The number of nitrogens with zero attached hydrogens (tertiary/aromatic N) is 4. The summed E-state index contributed by atoms with van der Waals surface area (Å²) in [6.07, 6.45) is 3.65. The molecule has 56 heavy (non-hydrogen) atoms. The maximum absolute atomic E-state index is 4.80. The van der Waals surface area contributed by atoms with Crippen molar-refractivity contribution in [3.63, 3.8) is 0 Å². The van der Waals surface area contributed by atoms with Crippen molar-refractivity contribution in [2.45, 2.75) is 0 Å². The van der Waals surface area contributed by atoms with Crippen LogP contribution < -0.4 is 9.80 Å². The number of anilines is 6. The quantitative estimate of drug-likeness (QED) is 0.127. The standard InChI is InChI=1S/C52H34N4/c1-5-13-45(14-6-1)55(46-15-7-2-8-16-46)49-31-25-39(26-32-49)21-23-41-35-43-29-30-44-36-42(38-54-52(44)51(43)53-37-41)24-22-40-27-33-50(34-28-40)56(47-17-9-3-10-18-47)48-19-11-4-12-20-48/h1-20,25-38H. The van der Waals surface area contributed by atoms with Crippen molar-refractivity contribution < 1.29 is 0 Å². The highest BCUT2D eigenvalue weighted by Crippen LogP contribution is 2.35. The highest BCUT2D eigenvalue weighted by Gasteiger charge is 2.13. The van der Waals surface area contributed by atoms with E-state index in [2.05, 4.69) is 203 Å². The number of benzene rings is 7. The summed E-state index contributed by atoms with van der Waals surface area (Å²) in [7, 11) is 0. The highest BCUT2D eigenvalue weighted by molar-refractivity contribution is 6.03. The number of para-hydroxylation sites is 4. The lowest BCUT2D eigenvalue weighted by Crippen LogP contribution is -2.09. The van der Waals surface area contributed by atoms with Crippen molar-refractivity contribution in [3.8, 4) is 23.7 Å². The minimum atomic E-state index is 0.843. The summed E-state index contributed by atoms with van der Waals surface area (Å²) in [5.74, 6) is 13.3. The number of aromatic nitrogens is 2. The average Bonchev–Trinajstić information content (AvgIpc) is 3.27.